The summed E-state index contributed by atoms with van der Waals surface area (Å²) in [5, 5.41) is 0. The number of hydrogen-bond acceptors (Lipinski definition) is 6. The van der Waals surface area contributed by atoms with E-state index in [2.05, 4.69) is 93.7 Å². The van der Waals surface area contributed by atoms with E-state index in [1.807, 2.05) is 0 Å². The van der Waals surface area contributed by atoms with Gasteiger partial charge in [0.05, 0.1) is 0 Å². The van der Waals surface area contributed by atoms with Gasteiger partial charge in [0, 0.05) is 19.3 Å². The highest BCUT2D eigenvalue weighted by Crippen LogP contribution is 2.18. The standard InChI is InChI=1S/C74H132O6/c1-4-7-10-13-16-19-22-25-27-29-31-33-35-36-37-39-40-42-44-46-49-52-55-58-61-64-67-73(76)79-70-71(69-78-72(75)66-63-60-57-54-51-48-24-21-18-15-12-9-6-3)80-74(77)68-65-62-59-56-53-50-47-45-43-41-38-34-32-30-28-26-23-20-17-14-11-8-5-2/h8,11,17,20-21,24,26,28,32,34,41,43,71H,4-7,9-10,12-16,18-19,22-23,25,27,29-31,33,35-40,42,44-70H2,1-3H3/b11-8-,20-17-,24-21-,28-26-,34-32-,43-41-. The molecule has 1 unspecified atom stereocenters. The van der Waals surface area contributed by atoms with Crippen molar-refractivity contribution in [3.8, 4) is 0 Å². The number of esters is 3. The topological polar surface area (TPSA) is 78.9 Å². The van der Waals surface area contributed by atoms with Gasteiger partial charge in [0.1, 0.15) is 13.2 Å². The summed E-state index contributed by atoms with van der Waals surface area (Å²) in [5.74, 6) is -0.880. The first-order valence-electron chi connectivity index (χ1n) is 34.9. The van der Waals surface area contributed by atoms with Crippen LogP contribution in [0.25, 0.3) is 0 Å². The Labute approximate surface area is 497 Å². The minimum Gasteiger partial charge on any atom is -0.462 e. The number of hydrogen-bond donors (Lipinski definition) is 0. The normalized spacial score (nSPS) is 12.5. The van der Waals surface area contributed by atoms with Crippen LogP contribution in [0.4, 0.5) is 0 Å². The highest BCUT2D eigenvalue weighted by Gasteiger charge is 2.19. The highest BCUT2D eigenvalue weighted by atomic mass is 16.6. The first kappa shape index (κ1) is 76.9. The fourth-order valence-corrected chi connectivity index (χ4v) is 10.2. The fourth-order valence-electron chi connectivity index (χ4n) is 10.2. The van der Waals surface area contributed by atoms with E-state index in [0.29, 0.717) is 19.3 Å². The molecule has 0 spiro atoms. The Morgan fingerprint density at radius 3 is 0.787 bits per heavy atom. The van der Waals surface area contributed by atoms with E-state index in [4.69, 9.17) is 14.2 Å². The van der Waals surface area contributed by atoms with E-state index in [0.717, 1.165) is 103 Å². The first-order chi connectivity index (χ1) is 39.5. The quantitative estimate of drug-likeness (QED) is 0.0261. The van der Waals surface area contributed by atoms with E-state index in [9.17, 15) is 14.4 Å². The lowest BCUT2D eigenvalue weighted by Gasteiger charge is -2.18. The molecule has 80 heavy (non-hydrogen) atoms. The van der Waals surface area contributed by atoms with Gasteiger partial charge in [-0.25, -0.2) is 0 Å². The molecule has 0 aromatic heterocycles. The van der Waals surface area contributed by atoms with Gasteiger partial charge in [0.25, 0.3) is 0 Å². The second-order valence-electron chi connectivity index (χ2n) is 23.4. The Kier molecular flexibility index (Phi) is 65.7. The van der Waals surface area contributed by atoms with Crippen molar-refractivity contribution in [2.75, 3.05) is 13.2 Å². The van der Waals surface area contributed by atoms with Crippen molar-refractivity contribution in [3.05, 3.63) is 72.9 Å². The van der Waals surface area contributed by atoms with Crippen LogP contribution in [-0.4, -0.2) is 37.2 Å². The fraction of sp³-hybridized carbons (Fsp3) is 0.797. The van der Waals surface area contributed by atoms with E-state index in [-0.39, 0.29) is 31.1 Å². The summed E-state index contributed by atoms with van der Waals surface area (Å²) >= 11 is 0. The smallest absolute Gasteiger partial charge is 0.306 e. The molecule has 0 radical (unpaired) electrons. The summed E-state index contributed by atoms with van der Waals surface area (Å²) in [6.07, 6.45) is 89.3. The van der Waals surface area contributed by atoms with Gasteiger partial charge in [-0.1, -0.05) is 325 Å². The molecule has 0 fully saturated rings. The van der Waals surface area contributed by atoms with Crippen LogP contribution >= 0.6 is 0 Å². The van der Waals surface area contributed by atoms with E-state index >= 15 is 0 Å². The van der Waals surface area contributed by atoms with Gasteiger partial charge in [-0.15, -0.1) is 0 Å². The molecule has 0 saturated carbocycles. The zero-order valence-electron chi connectivity index (χ0n) is 53.3. The monoisotopic (exact) mass is 1120 g/mol. The maximum absolute atomic E-state index is 12.9. The molecule has 0 rings (SSSR count). The highest BCUT2D eigenvalue weighted by molar-refractivity contribution is 5.71. The minimum absolute atomic E-state index is 0.0792. The molecule has 464 valence electrons. The Hall–Kier alpha value is -3.15. The number of carbonyl (C=O) groups is 3. The van der Waals surface area contributed by atoms with Gasteiger partial charge < -0.3 is 14.2 Å². The van der Waals surface area contributed by atoms with Crippen LogP contribution in [0.5, 0.6) is 0 Å². The molecule has 0 aliphatic heterocycles. The Balaban J connectivity index is 4.27. The predicted octanol–water partition coefficient (Wildman–Crippen LogP) is 24.1. The second-order valence-corrected chi connectivity index (χ2v) is 23.4. The summed E-state index contributed by atoms with van der Waals surface area (Å²) in [6.45, 7) is 6.55. The summed E-state index contributed by atoms with van der Waals surface area (Å²) in [7, 11) is 0. The molecule has 0 amide bonds. The second kappa shape index (κ2) is 68.3. The zero-order valence-corrected chi connectivity index (χ0v) is 53.3. The number of allylic oxidation sites excluding steroid dienone is 12. The molecule has 6 heteroatoms. The van der Waals surface area contributed by atoms with Crippen molar-refractivity contribution in [3.63, 3.8) is 0 Å². The van der Waals surface area contributed by atoms with Crippen LogP contribution in [0.3, 0.4) is 0 Å². The number of ether oxygens (including phenoxy) is 3. The third-order valence-electron chi connectivity index (χ3n) is 15.4. The SMILES string of the molecule is CC/C=C\C/C=C\C/C=C\C/C=C\C/C=C\CCCCCCCCCC(=O)OC(COC(=O)CCCCCCC/C=C\CCCCCC)COC(=O)CCCCCCCCCCCCCCCCCCCCCCCCCCCC. The van der Waals surface area contributed by atoms with Crippen LogP contribution in [-0.2, 0) is 28.6 Å². The molecular formula is C74H132O6. The van der Waals surface area contributed by atoms with Gasteiger partial charge in [-0.2, -0.15) is 0 Å². The molecule has 6 nitrogen and oxygen atoms in total. The maximum Gasteiger partial charge on any atom is 0.306 e. The largest absolute Gasteiger partial charge is 0.462 e. The molecule has 0 aromatic carbocycles. The van der Waals surface area contributed by atoms with Gasteiger partial charge in [-0.3, -0.25) is 14.4 Å². The van der Waals surface area contributed by atoms with Crippen LogP contribution in [0.1, 0.15) is 361 Å². The third kappa shape index (κ3) is 65.7. The average molecular weight is 1120 g/mol. The van der Waals surface area contributed by atoms with Crippen molar-refractivity contribution in [2.45, 2.75) is 367 Å². The van der Waals surface area contributed by atoms with Crippen LogP contribution in [0.2, 0.25) is 0 Å². The van der Waals surface area contributed by atoms with E-state index in [1.54, 1.807) is 0 Å². The minimum atomic E-state index is -0.785. The zero-order chi connectivity index (χ0) is 57.8. The number of rotatable bonds is 64. The lowest BCUT2D eigenvalue weighted by molar-refractivity contribution is -0.167. The average Bonchev–Trinajstić information content (AvgIpc) is 3.46. The Bertz CT molecular complexity index is 1470. The Morgan fingerprint density at radius 1 is 0.263 bits per heavy atom. The third-order valence-corrected chi connectivity index (χ3v) is 15.4. The molecule has 0 aromatic rings. The summed E-state index contributed by atoms with van der Waals surface area (Å²) in [6, 6.07) is 0. The lowest BCUT2D eigenvalue weighted by Crippen LogP contribution is -2.30. The molecule has 1 atom stereocenters. The van der Waals surface area contributed by atoms with Gasteiger partial charge in [0.15, 0.2) is 6.10 Å². The van der Waals surface area contributed by atoms with Crippen molar-refractivity contribution < 1.29 is 28.6 Å². The number of unbranched alkanes of at least 4 members (excludes halogenated alkanes) is 41. The van der Waals surface area contributed by atoms with Crippen molar-refractivity contribution in [1.82, 2.24) is 0 Å². The molecule has 0 bridgehead atoms. The first-order valence-corrected chi connectivity index (χ1v) is 34.9. The van der Waals surface area contributed by atoms with Crippen molar-refractivity contribution >= 4 is 17.9 Å². The van der Waals surface area contributed by atoms with Gasteiger partial charge in [-0.05, 0) is 89.9 Å². The predicted molar refractivity (Wildman–Crippen MR) is 348 cm³/mol. The maximum atomic E-state index is 12.9. The summed E-state index contributed by atoms with van der Waals surface area (Å²) < 4.78 is 17.0. The lowest BCUT2D eigenvalue weighted by atomic mass is 10.0. The van der Waals surface area contributed by atoms with Gasteiger partial charge >= 0.3 is 17.9 Å². The van der Waals surface area contributed by atoms with Crippen LogP contribution in [0, 0.1) is 0 Å². The van der Waals surface area contributed by atoms with Gasteiger partial charge in [0.2, 0.25) is 0 Å². The number of carbonyl (C=O) groups excluding carboxylic acids is 3. The molecular weight excluding hydrogens is 985 g/mol. The van der Waals surface area contributed by atoms with E-state index in [1.165, 1.54) is 218 Å². The van der Waals surface area contributed by atoms with Crippen molar-refractivity contribution in [1.29, 1.82) is 0 Å². The molecule has 0 saturated heterocycles. The van der Waals surface area contributed by atoms with Crippen LogP contribution < -0.4 is 0 Å². The van der Waals surface area contributed by atoms with Crippen molar-refractivity contribution in [2.24, 2.45) is 0 Å². The summed E-state index contributed by atoms with van der Waals surface area (Å²) in [4.78, 5) is 38.4. The molecule has 0 aliphatic carbocycles. The molecule has 0 aliphatic rings. The van der Waals surface area contributed by atoms with Crippen LogP contribution in [0.15, 0.2) is 72.9 Å². The Morgan fingerprint density at radius 2 is 0.487 bits per heavy atom. The molecule has 0 heterocycles. The van der Waals surface area contributed by atoms with E-state index < -0.39 is 6.10 Å². The molecule has 0 N–H and O–H groups in total. The summed E-state index contributed by atoms with van der Waals surface area (Å²) in [5.41, 5.74) is 0.